The molecule has 1 aliphatic rings. The Morgan fingerprint density at radius 3 is 2.67 bits per heavy atom. The number of hydrogen-bond acceptors (Lipinski definition) is 7. The third kappa shape index (κ3) is 7.56. The maximum Gasteiger partial charge on any atom is 0.490 e. The number of halogens is 3. The Bertz CT molecular complexity index is 704. The average molecular weight is 388 g/mol. The third-order valence-electron chi connectivity index (χ3n) is 3.56. The van der Waals surface area contributed by atoms with E-state index in [1.165, 1.54) is 12.8 Å². The highest BCUT2D eigenvalue weighted by Gasteiger charge is 2.38. The Balaban J connectivity index is 0.000000321. The van der Waals surface area contributed by atoms with Crippen molar-refractivity contribution in [3.8, 4) is 6.01 Å². The lowest BCUT2D eigenvalue weighted by Crippen LogP contribution is -2.32. The van der Waals surface area contributed by atoms with Crippen LogP contribution < -0.4 is 10.1 Å². The first-order valence-corrected chi connectivity index (χ1v) is 8.14. The summed E-state index contributed by atoms with van der Waals surface area (Å²) in [6.07, 6.45) is 2.62. The summed E-state index contributed by atoms with van der Waals surface area (Å²) in [5.41, 5.74) is 0.793. The monoisotopic (exact) mass is 388 g/mol. The summed E-state index contributed by atoms with van der Waals surface area (Å²) in [6.45, 7) is 3.43. The Morgan fingerprint density at radius 2 is 2.07 bits per heavy atom. The highest BCUT2D eigenvalue weighted by Crippen LogP contribution is 2.13. The van der Waals surface area contributed by atoms with Gasteiger partial charge in [-0.05, 0) is 37.9 Å². The van der Waals surface area contributed by atoms with Crippen LogP contribution in [0.5, 0.6) is 6.01 Å². The molecule has 12 heteroatoms. The van der Waals surface area contributed by atoms with Crippen molar-refractivity contribution in [3.05, 3.63) is 30.4 Å². The van der Waals surface area contributed by atoms with Crippen molar-refractivity contribution < 1.29 is 27.8 Å². The maximum atomic E-state index is 10.6. The van der Waals surface area contributed by atoms with Crippen molar-refractivity contribution in [1.29, 1.82) is 0 Å². The standard InChI is InChI=1S/C13H18N6O.C2HF3O2/c1-3-11(7-14-4-1)8-19-9-12(17-18-19)10-20-13-15-5-2-6-16-13;3-2(4,5)1(6)7/h2,5-6,9,11,14H,1,3-4,7-8,10H2;(H,6,7). The van der Waals surface area contributed by atoms with Crippen molar-refractivity contribution >= 4 is 5.97 Å². The van der Waals surface area contributed by atoms with Gasteiger partial charge in [-0.25, -0.2) is 14.8 Å². The second kappa shape index (κ2) is 9.80. The van der Waals surface area contributed by atoms with Crippen LogP contribution in [0.1, 0.15) is 18.5 Å². The fourth-order valence-electron chi connectivity index (χ4n) is 2.34. The second-order valence-corrected chi connectivity index (χ2v) is 5.77. The van der Waals surface area contributed by atoms with E-state index >= 15 is 0 Å². The molecule has 3 rings (SSSR count). The van der Waals surface area contributed by atoms with Gasteiger partial charge in [-0.1, -0.05) is 5.21 Å². The quantitative estimate of drug-likeness (QED) is 0.787. The Labute approximate surface area is 152 Å². The Kier molecular flexibility index (Phi) is 7.46. The van der Waals surface area contributed by atoms with Crippen molar-refractivity contribution in [2.24, 2.45) is 5.92 Å². The number of carboxylic acids is 1. The Hall–Kier alpha value is -2.76. The summed E-state index contributed by atoms with van der Waals surface area (Å²) >= 11 is 0. The first-order valence-electron chi connectivity index (χ1n) is 8.14. The van der Waals surface area contributed by atoms with Gasteiger partial charge >= 0.3 is 18.2 Å². The molecule has 0 bridgehead atoms. The Morgan fingerprint density at radius 1 is 1.37 bits per heavy atom. The molecule has 0 spiro atoms. The fourth-order valence-corrected chi connectivity index (χ4v) is 2.34. The normalized spacial score (nSPS) is 16.9. The highest BCUT2D eigenvalue weighted by atomic mass is 19.4. The van der Waals surface area contributed by atoms with Gasteiger partial charge in [0.15, 0.2) is 0 Å². The summed E-state index contributed by atoms with van der Waals surface area (Å²) in [5.74, 6) is -2.12. The molecule has 2 aromatic heterocycles. The molecule has 1 unspecified atom stereocenters. The van der Waals surface area contributed by atoms with Crippen LogP contribution in [0.4, 0.5) is 13.2 Å². The molecule has 2 N–H and O–H groups in total. The lowest BCUT2D eigenvalue weighted by molar-refractivity contribution is -0.192. The minimum absolute atomic E-state index is 0.340. The topological polar surface area (TPSA) is 115 Å². The predicted molar refractivity (Wildman–Crippen MR) is 85.7 cm³/mol. The van der Waals surface area contributed by atoms with E-state index in [2.05, 4.69) is 25.6 Å². The lowest BCUT2D eigenvalue weighted by atomic mass is 10.00. The first-order chi connectivity index (χ1) is 12.8. The molecule has 3 heterocycles. The van der Waals surface area contributed by atoms with Gasteiger partial charge in [-0.2, -0.15) is 13.2 Å². The van der Waals surface area contributed by atoms with Gasteiger partial charge in [-0.3, -0.25) is 4.68 Å². The number of alkyl halides is 3. The summed E-state index contributed by atoms with van der Waals surface area (Å²) in [5, 5.41) is 18.8. The smallest absolute Gasteiger partial charge is 0.475 e. The van der Waals surface area contributed by atoms with Crippen LogP contribution in [-0.2, 0) is 17.9 Å². The maximum absolute atomic E-state index is 10.6. The zero-order valence-corrected chi connectivity index (χ0v) is 14.3. The van der Waals surface area contributed by atoms with E-state index in [4.69, 9.17) is 14.6 Å². The average Bonchev–Trinajstić information content (AvgIpc) is 3.09. The lowest BCUT2D eigenvalue weighted by Gasteiger charge is -2.22. The number of aliphatic carboxylic acids is 1. The zero-order chi connectivity index (χ0) is 19.7. The number of carbonyl (C=O) groups is 1. The minimum Gasteiger partial charge on any atom is -0.475 e. The SMILES string of the molecule is O=C(O)C(F)(F)F.c1cnc(OCc2cn(CC3CCCNC3)nn2)nc1. The molecular weight excluding hydrogens is 369 g/mol. The number of hydrogen-bond donors (Lipinski definition) is 2. The zero-order valence-electron chi connectivity index (χ0n) is 14.3. The third-order valence-corrected chi connectivity index (χ3v) is 3.56. The summed E-state index contributed by atoms with van der Waals surface area (Å²) < 4.78 is 39.1. The number of carboxylic acid groups (broad SMARTS) is 1. The van der Waals surface area contributed by atoms with Crippen LogP contribution in [0.15, 0.2) is 24.7 Å². The van der Waals surface area contributed by atoms with Gasteiger partial charge in [0, 0.05) is 18.9 Å². The van der Waals surface area contributed by atoms with E-state index in [1.807, 2.05) is 10.9 Å². The van der Waals surface area contributed by atoms with Crippen LogP contribution >= 0.6 is 0 Å². The molecule has 27 heavy (non-hydrogen) atoms. The number of ether oxygens (including phenoxy) is 1. The summed E-state index contributed by atoms with van der Waals surface area (Å²) in [4.78, 5) is 16.9. The van der Waals surface area contributed by atoms with E-state index < -0.39 is 12.1 Å². The largest absolute Gasteiger partial charge is 0.490 e. The number of piperidine rings is 1. The van der Waals surface area contributed by atoms with Gasteiger partial charge in [-0.15, -0.1) is 5.10 Å². The van der Waals surface area contributed by atoms with Crippen LogP contribution in [0.2, 0.25) is 0 Å². The van der Waals surface area contributed by atoms with Gasteiger partial charge < -0.3 is 15.2 Å². The molecule has 0 amide bonds. The predicted octanol–water partition coefficient (Wildman–Crippen LogP) is 1.28. The van der Waals surface area contributed by atoms with Crippen molar-refractivity contribution in [1.82, 2.24) is 30.3 Å². The number of aromatic nitrogens is 5. The van der Waals surface area contributed by atoms with Gasteiger partial charge in [0.05, 0.1) is 6.20 Å². The van der Waals surface area contributed by atoms with Crippen molar-refractivity contribution in [2.75, 3.05) is 13.1 Å². The minimum atomic E-state index is -5.08. The molecule has 0 radical (unpaired) electrons. The van der Waals surface area contributed by atoms with E-state index in [0.717, 1.165) is 25.3 Å². The van der Waals surface area contributed by atoms with Crippen LogP contribution in [0.25, 0.3) is 0 Å². The second-order valence-electron chi connectivity index (χ2n) is 5.77. The van der Waals surface area contributed by atoms with Gasteiger partial charge in [0.1, 0.15) is 12.3 Å². The summed E-state index contributed by atoms with van der Waals surface area (Å²) in [6, 6.07) is 2.11. The number of rotatable bonds is 5. The molecule has 1 saturated heterocycles. The molecule has 0 saturated carbocycles. The number of nitrogens with one attached hydrogen (secondary N) is 1. The molecule has 0 aromatic carbocycles. The first kappa shape index (κ1) is 20.6. The number of nitrogens with zero attached hydrogens (tertiary/aromatic N) is 5. The van der Waals surface area contributed by atoms with Crippen LogP contribution in [-0.4, -0.2) is 55.3 Å². The van der Waals surface area contributed by atoms with Crippen molar-refractivity contribution in [2.45, 2.75) is 32.2 Å². The highest BCUT2D eigenvalue weighted by molar-refractivity contribution is 5.73. The van der Waals surface area contributed by atoms with E-state index in [-0.39, 0.29) is 0 Å². The molecule has 1 fully saturated rings. The molecular formula is C15H19F3N6O3. The van der Waals surface area contributed by atoms with Crippen LogP contribution in [0, 0.1) is 5.92 Å². The summed E-state index contributed by atoms with van der Waals surface area (Å²) in [7, 11) is 0. The molecule has 1 aliphatic heterocycles. The molecule has 9 nitrogen and oxygen atoms in total. The fraction of sp³-hybridized carbons (Fsp3) is 0.533. The van der Waals surface area contributed by atoms with E-state index in [0.29, 0.717) is 18.5 Å². The van der Waals surface area contributed by atoms with E-state index in [9.17, 15) is 13.2 Å². The molecule has 148 valence electrons. The van der Waals surface area contributed by atoms with Gasteiger partial charge in [0.2, 0.25) is 0 Å². The van der Waals surface area contributed by atoms with Crippen molar-refractivity contribution in [3.63, 3.8) is 0 Å². The van der Waals surface area contributed by atoms with Gasteiger partial charge in [0.25, 0.3) is 0 Å². The van der Waals surface area contributed by atoms with Crippen LogP contribution in [0.3, 0.4) is 0 Å². The van der Waals surface area contributed by atoms with E-state index in [1.54, 1.807) is 18.5 Å². The molecule has 1 atom stereocenters. The molecule has 2 aromatic rings. The molecule has 0 aliphatic carbocycles.